The Balaban J connectivity index is 1.84. The fourth-order valence-electron chi connectivity index (χ4n) is 2.02. The highest BCUT2D eigenvalue weighted by Gasteiger charge is 2.14. The minimum absolute atomic E-state index is 0.504. The van der Waals surface area contributed by atoms with E-state index in [0.29, 0.717) is 6.10 Å². The highest BCUT2D eigenvalue weighted by molar-refractivity contribution is 5.47. The average Bonchev–Trinajstić information content (AvgIpc) is 2.80. The number of rotatable bonds is 4. The molecule has 0 radical (unpaired) electrons. The lowest BCUT2D eigenvalue weighted by Gasteiger charge is -2.10. The Bertz CT molecular complexity index is 307. The van der Waals surface area contributed by atoms with E-state index in [1.807, 2.05) is 6.08 Å². The molecule has 1 aliphatic rings. The molecule has 1 heteroatoms. The van der Waals surface area contributed by atoms with Crippen LogP contribution in [0.4, 0.5) is 0 Å². The van der Waals surface area contributed by atoms with E-state index in [0.717, 1.165) is 6.61 Å². The lowest BCUT2D eigenvalue weighted by molar-refractivity contribution is 0.0457. The van der Waals surface area contributed by atoms with Crippen LogP contribution in [0.3, 0.4) is 0 Å². The first kappa shape index (κ1) is 10.4. The molecular weight excluding hydrogens is 184 g/mol. The minimum atomic E-state index is 0.504. The van der Waals surface area contributed by atoms with Crippen molar-refractivity contribution < 1.29 is 4.74 Å². The Labute approximate surface area is 91.8 Å². The second-order valence-corrected chi connectivity index (χ2v) is 4.16. The van der Waals surface area contributed by atoms with Crippen LogP contribution in [0.1, 0.15) is 36.8 Å². The predicted molar refractivity (Wildman–Crippen MR) is 63.6 cm³/mol. The van der Waals surface area contributed by atoms with E-state index in [1.165, 1.54) is 36.8 Å². The second-order valence-electron chi connectivity index (χ2n) is 4.16. The molecule has 0 atom stereocenters. The molecule has 0 saturated heterocycles. The van der Waals surface area contributed by atoms with Crippen LogP contribution in [-0.4, -0.2) is 6.10 Å². The molecule has 1 aromatic rings. The number of hydrogen-bond donors (Lipinski definition) is 0. The summed E-state index contributed by atoms with van der Waals surface area (Å²) in [5, 5.41) is 0. The molecule has 0 N–H and O–H groups in total. The quantitative estimate of drug-likeness (QED) is 0.721. The third kappa shape index (κ3) is 2.93. The monoisotopic (exact) mass is 202 g/mol. The number of benzene rings is 1. The van der Waals surface area contributed by atoms with Crippen molar-refractivity contribution in [1.82, 2.24) is 0 Å². The maximum Gasteiger partial charge on any atom is 0.0720 e. The third-order valence-electron chi connectivity index (χ3n) is 3.00. The van der Waals surface area contributed by atoms with E-state index in [9.17, 15) is 0 Å². The van der Waals surface area contributed by atoms with E-state index in [-0.39, 0.29) is 0 Å². The van der Waals surface area contributed by atoms with Crippen molar-refractivity contribution in [3.8, 4) is 0 Å². The van der Waals surface area contributed by atoms with Gasteiger partial charge in [0.25, 0.3) is 0 Å². The van der Waals surface area contributed by atoms with E-state index >= 15 is 0 Å². The van der Waals surface area contributed by atoms with Gasteiger partial charge in [-0.15, -0.1) is 0 Å². The molecule has 0 unspecified atom stereocenters. The summed E-state index contributed by atoms with van der Waals surface area (Å²) >= 11 is 0. The molecule has 0 heterocycles. The maximum absolute atomic E-state index is 5.84. The Morgan fingerprint density at radius 1 is 1.20 bits per heavy atom. The van der Waals surface area contributed by atoms with Gasteiger partial charge in [0.15, 0.2) is 0 Å². The van der Waals surface area contributed by atoms with Gasteiger partial charge in [-0.2, -0.15) is 0 Å². The third-order valence-corrected chi connectivity index (χ3v) is 3.00. The van der Waals surface area contributed by atoms with Crippen LogP contribution >= 0.6 is 0 Å². The van der Waals surface area contributed by atoms with E-state index < -0.39 is 0 Å². The van der Waals surface area contributed by atoms with Crippen molar-refractivity contribution in [2.24, 2.45) is 0 Å². The molecule has 2 rings (SSSR count). The zero-order chi connectivity index (χ0) is 10.5. The van der Waals surface area contributed by atoms with Gasteiger partial charge in [0.05, 0.1) is 12.7 Å². The summed E-state index contributed by atoms with van der Waals surface area (Å²) in [7, 11) is 0. The van der Waals surface area contributed by atoms with Crippen LogP contribution in [0, 0.1) is 0 Å². The van der Waals surface area contributed by atoms with Gasteiger partial charge in [-0.05, 0) is 24.0 Å². The van der Waals surface area contributed by atoms with E-state index in [2.05, 4.69) is 30.8 Å². The molecule has 0 aliphatic heterocycles. The average molecular weight is 202 g/mol. The molecule has 1 fully saturated rings. The van der Waals surface area contributed by atoms with Crippen LogP contribution in [-0.2, 0) is 11.3 Å². The first-order valence-corrected chi connectivity index (χ1v) is 5.71. The molecular formula is C14H18O. The van der Waals surface area contributed by atoms with E-state index in [4.69, 9.17) is 4.74 Å². The molecule has 1 aromatic carbocycles. The van der Waals surface area contributed by atoms with Crippen molar-refractivity contribution in [3.05, 3.63) is 42.0 Å². The topological polar surface area (TPSA) is 9.23 Å². The first-order valence-electron chi connectivity index (χ1n) is 5.71. The second kappa shape index (κ2) is 5.13. The summed E-state index contributed by atoms with van der Waals surface area (Å²) < 4.78 is 5.84. The van der Waals surface area contributed by atoms with Crippen molar-refractivity contribution >= 4 is 6.08 Å². The lowest BCUT2D eigenvalue weighted by atomic mass is 10.1. The lowest BCUT2D eigenvalue weighted by Crippen LogP contribution is -2.06. The van der Waals surface area contributed by atoms with Gasteiger partial charge in [-0.25, -0.2) is 0 Å². The molecule has 1 aliphatic carbocycles. The van der Waals surface area contributed by atoms with Crippen LogP contribution in [0.15, 0.2) is 30.8 Å². The smallest absolute Gasteiger partial charge is 0.0720 e. The minimum Gasteiger partial charge on any atom is -0.374 e. The van der Waals surface area contributed by atoms with Gasteiger partial charge in [0, 0.05) is 0 Å². The van der Waals surface area contributed by atoms with Gasteiger partial charge in [0.2, 0.25) is 0 Å². The largest absolute Gasteiger partial charge is 0.374 e. The first-order chi connectivity index (χ1) is 7.38. The van der Waals surface area contributed by atoms with Crippen LogP contribution in [0.2, 0.25) is 0 Å². The summed E-state index contributed by atoms with van der Waals surface area (Å²) in [6.07, 6.45) is 7.51. The zero-order valence-corrected chi connectivity index (χ0v) is 9.11. The SMILES string of the molecule is C=Cc1ccc(COC2CCCC2)cc1. The van der Waals surface area contributed by atoms with Gasteiger partial charge < -0.3 is 4.74 Å². The fraction of sp³-hybridized carbons (Fsp3) is 0.429. The van der Waals surface area contributed by atoms with Gasteiger partial charge >= 0.3 is 0 Å². The van der Waals surface area contributed by atoms with Crippen molar-refractivity contribution in [3.63, 3.8) is 0 Å². The maximum atomic E-state index is 5.84. The Kier molecular flexibility index (Phi) is 3.57. The fourth-order valence-corrected chi connectivity index (χ4v) is 2.02. The standard InChI is InChI=1S/C14H18O/c1-2-12-7-9-13(10-8-12)11-15-14-5-3-4-6-14/h2,7-10,14H,1,3-6,11H2. The van der Waals surface area contributed by atoms with Crippen molar-refractivity contribution in [1.29, 1.82) is 0 Å². The van der Waals surface area contributed by atoms with E-state index in [1.54, 1.807) is 0 Å². The Morgan fingerprint density at radius 3 is 2.47 bits per heavy atom. The molecule has 1 saturated carbocycles. The molecule has 0 amide bonds. The predicted octanol–water partition coefficient (Wildman–Crippen LogP) is 3.79. The summed E-state index contributed by atoms with van der Waals surface area (Å²) in [6.45, 7) is 4.49. The molecule has 15 heavy (non-hydrogen) atoms. The van der Waals surface area contributed by atoms with Gasteiger partial charge in [-0.3, -0.25) is 0 Å². The molecule has 0 aromatic heterocycles. The van der Waals surface area contributed by atoms with Crippen LogP contribution in [0.25, 0.3) is 6.08 Å². The summed E-state index contributed by atoms with van der Waals surface area (Å²) in [6, 6.07) is 8.40. The number of ether oxygens (including phenoxy) is 1. The number of hydrogen-bond acceptors (Lipinski definition) is 1. The van der Waals surface area contributed by atoms with Crippen molar-refractivity contribution in [2.75, 3.05) is 0 Å². The molecule has 0 spiro atoms. The highest BCUT2D eigenvalue weighted by atomic mass is 16.5. The van der Waals surface area contributed by atoms with Gasteiger partial charge in [0.1, 0.15) is 0 Å². The molecule has 1 nitrogen and oxygen atoms in total. The Hall–Kier alpha value is -1.08. The van der Waals surface area contributed by atoms with Crippen LogP contribution < -0.4 is 0 Å². The summed E-state index contributed by atoms with van der Waals surface area (Å²) in [5.41, 5.74) is 2.42. The van der Waals surface area contributed by atoms with Gasteiger partial charge in [-0.1, -0.05) is 49.8 Å². The summed E-state index contributed by atoms with van der Waals surface area (Å²) in [5.74, 6) is 0. The normalized spacial score (nSPS) is 16.8. The van der Waals surface area contributed by atoms with Crippen molar-refractivity contribution in [2.45, 2.75) is 38.4 Å². The molecule has 0 bridgehead atoms. The zero-order valence-electron chi connectivity index (χ0n) is 9.11. The Morgan fingerprint density at radius 2 is 1.87 bits per heavy atom. The molecule has 80 valence electrons. The highest BCUT2D eigenvalue weighted by Crippen LogP contribution is 2.22. The summed E-state index contributed by atoms with van der Waals surface area (Å²) in [4.78, 5) is 0. The van der Waals surface area contributed by atoms with Crippen LogP contribution in [0.5, 0.6) is 0 Å².